The molecule has 3 rings (SSSR count). The zero-order chi connectivity index (χ0) is 13.9. The van der Waals surface area contributed by atoms with E-state index in [1.165, 1.54) is 24.7 Å². The molecular formula is C16H18N2O2. The fraction of sp³-hybridized carbons (Fsp3) is 0.375. The zero-order valence-electron chi connectivity index (χ0n) is 11.6. The van der Waals surface area contributed by atoms with E-state index < -0.39 is 0 Å². The standard InChI is InChI=1S/C16H18N2O2/c1-20-16(19)15-10-17-11-18(15)14-9-5-3-7-12-6-2-4-8-13(12)14/h2,4,6,8,10-11,14H,3,5,7,9H2,1H3. The van der Waals surface area contributed by atoms with Gasteiger partial charge in [-0.1, -0.05) is 30.7 Å². The number of carbonyl (C=O) groups is 1. The summed E-state index contributed by atoms with van der Waals surface area (Å²) in [4.78, 5) is 16.0. The minimum Gasteiger partial charge on any atom is -0.464 e. The number of aromatic nitrogens is 2. The number of imidazole rings is 1. The molecule has 0 N–H and O–H groups in total. The second-order valence-electron chi connectivity index (χ2n) is 5.14. The van der Waals surface area contributed by atoms with Gasteiger partial charge < -0.3 is 9.30 Å². The number of rotatable bonds is 2. The van der Waals surface area contributed by atoms with Gasteiger partial charge in [0.15, 0.2) is 0 Å². The van der Waals surface area contributed by atoms with E-state index >= 15 is 0 Å². The van der Waals surface area contributed by atoms with Gasteiger partial charge in [-0.25, -0.2) is 9.78 Å². The Balaban J connectivity index is 2.06. The summed E-state index contributed by atoms with van der Waals surface area (Å²) < 4.78 is 6.80. The van der Waals surface area contributed by atoms with Gasteiger partial charge in [-0.2, -0.15) is 0 Å². The Morgan fingerprint density at radius 1 is 1.35 bits per heavy atom. The van der Waals surface area contributed by atoms with Crippen molar-refractivity contribution < 1.29 is 9.53 Å². The van der Waals surface area contributed by atoms with E-state index in [0.717, 1.165) is 19.3 Å². The molecule has 1 atom stereocenters. The molecule has 1 heterocycles. The van der Waals surface area contributed by atoms with Crippen LogP contribution in [0.5, 0.6) is 0 Å². The van der Waals surface area contributed by atoms with Crippen molar-refractivity contribution in [3.63, 3.8) is 0 Å². The molecule has 4 nitrogen and oxygen atoms in total. The maximum absolute atomic E-state index is 11.9. The SMILES string of the molecule is COC(=O)c1cncn1C1CCCCc2ccccc21. The number of hydrogen-bond acceptors (Lipinski definition) is 3. The number of esters is 1. The van der Waals surface area contributed by atoms with Gasteiger partial charge in [-0.3, -0.25) is 0 Å². The average Bonchev–Trinajstić information content (AvgIpc) is 2.87. The molecule has 0 amide bonds. The molecular weight excluding hydrogens is 252 g/mol. The van der Waals surface area contributed by atoms with Gasteiger partial charge in [0.1, 0.15) is 5.69 Å². The number of aryl methyl sites for hydroxylation is 1. The average molecular weight is 270 g/mol. The number of methoxy groups -OCH3 is 1. The predicted octanol–water partition coefficient (Wildman–Crippen LogP) is 2.99. The molecule has 0 spiro atoms. The van der Waals surface area contributed by atoms with Crippen LogP contribution in [0.25, 0.3) is 0 Å². The van der Waals surface area contributed by atoms with Gasteiger partial charge in [-0.15, -0.1) is 0 Å². The third kappa shape index (κ3) is 2.22. The van der Waals surface area contributed by atoms with Crippen molar-refractivity contribution in [2.24, 2.45) is 0 Å². The van der Waals surface area contributed by atoms with Crippen LogP contribution in [0.15, 0.2) is 36.8 Å². The molecule has 1 aliphatic carbocycles. The van der Waals surface area contributed by atoms with Crippen molar-refractivity contribution in [3.8, 4) is 0 Å². The van der Waals surface area contributed by atoms with Crippen LogP contribution in [0.4, 0.5) is 0 Å². The zero-order valence-corrected chi connectivity index (χ0v) is 11.6. The molecule has 1 aromatic heterocycles. The Kier molecular flexibility index (Phi) is 3.54. The van der Waals surface area contributed by atoms with Crippen molar-refractivity contribution in [1.82, 2.24) is 9.55 Å². The molecule has 0 radical (unpaired) electrons. The Labute approximate surface area is 118 Å². The largest absolute Gasteiger partial charge is 0.464 e. The first-order chi connectivity index (χ1) is 9.81. The van der Waals surface area contributed by atoms with E-state index in [4.69, 9.17) is 4.74 Å². The highest BCUT2D eigenvalue weighted by Crippen LogP contribution is 2.32. The van der Waals surface area contributed by atoms with E-state index in [0.29, 0.717) is 5.69 Å². The first kappa shape index (κ1) is 12.9. The third-order valence-electron chi connectivity index (χ3n) is 3.98. The van der Waals surface area contributed by atoms with Gasteiger partial charge in [0.05, 0.1) is 25.7 Å². The monoisotopic (exact) mass is 270 g/mol. The number of hydrogen-bond donors (Lipinski definition) is 0. The Morgan fingerprint density at radius 3 is 3.05 bits per heavy atom. The molecule has 4 heteroatoms. The molecule has 1 aromatic carbocycles. The normalized spacial score (nSPS) is 18.1. The first-order valence-electron chi connectivity index (χ1n) is 6.99. The van der Waals surface area contributed by atoms with E-state index in [2.05, 4.69) is 29.2 Å². The van der Waals surface area contributed by atoms with Gasteiger partial charge in [-0.05, 0) is 30.4 Å². The van der Waals surface area contributed by atoms with E-state index in [-0.39, 0.29) is 12.0 Å². The first-order valence-corrected chi connectivity index (χ1v) is 6.99. The molecule has 1 unspecified atom stereocenters. The number of fused-ring (bicyclic) bond motifs is 1. The lowest BCUT2D eigenvalue weighted by Gasteiger charge is -2.21. The highest BCUT2D eigenvalue weighted by Gasteiger charge is 2.24. The molecule has 2 aromatic rings. The molecule has 0 bridgehead atoms. The molecule has 0 saturated heterocycles. The lowest BCUT2D eigenvalue weighted by atomic mass is 9.99. The Hall–Kier alpha value is -2.10. The fourth-order valence-electron chi connectivity index (χ4n) is 3.00. The molecule has 0 aliphatic heterocycles. The number of carbonyl (C=O) groups excluding carboxylic acids is 1. The van der Waals surface area contributed by atoms with Gasteiger partial charge in [0.2, 0.25) is 0 Å². The molecule has 1 aliphatic rings. The van der Waals surface area contributed by atoms with Crippen molar-refractivity contribution in [2.45, 2.75) is 31.7 Å². The van der Waals surface area contributed by atoms with Crippen LogP contribution in [-0.2, 0) is 11.2 Å². The number of nitrogens with zero attached hydrogens (tertiary/aromatic N) is 2. The van der Waals surface area contributed by atoms with Crippen LogP contribution >= 0.6 is 0 Å². The molecule has 104 valence electrons. The van der Waals surface area contributed by atoms with Crippen molar-refractivity contribution in [1.29, 1.82) is 0 Å². The van der Waals surface area contributed by atoms with E-state index in [1.54, 1.807) is 12.5 Å². The van der Waals surface area contributed by atoms with E-state index in [9.17, 15) is 4.79 Å². The van der Waals surface area contributed by atoms with E-state index in [1.807, 2.05) is 4.57 Å². The minimum absolute atomic E-state index is 0.172. The quantitative estimate of drug-likeness (QED) is 0.622. The van der Waals surface area contributed by atoms with Crippen LogP contribution < -0.4 is 0 Å². The maximum atomic E-state index is 11.9. The fourth-order valence-corrected chi connectivity index (χ4v) is 3.00. The Morgan fingerprint density at radius 2 is 2.20 bits per heavy atom. The van der Waals surface area contributed by atoms with Crippen LogP contribution in [-0.4, -0.2) is 22.6 Å². The molecule has 0 fully saturated rings. The lowest BCUT2D eigenvalue weighted by molar-refractivity contribution is 0.0586. The van der Waals surface area contributed by atoms with Gasteiger partial charge >= 0.3 is 5.97 Å². The number of ether oxygens (including phenoxy) is 1. The highest BCUT2D eigenvalue weighted by molar-refractivity contribution is 5.87. The van der Waals surface area contributed by atoms with Crippen LogP contribution in [0.3, 0.4) is 0 Å². The summed E-state index contributed by atoms with van der Waals surface area (Å²) in [6.45, 7) is 0. The summed E-state index contributed by atoms with van der Waals surface area (Å²) in [5, 5.41) is 0. The highest BCUT2D eigenvalue weighted by atomic mass is 16.5. The van der Waals surface area contributed by atoms with Crippen LogP contribution in [0, 0.1) is 0 Å². The summed E-state index contributed by atoms with van der Waals surface area (Å²) in [5.41, 5.74) is 3.20. The van der Waals surface area contributed by atoms with Crippen molar-refractivity contribution in [3.05, 3.63) is 53.6 Å². The summed E-state index contributed by atoms with van der Waals surface area (Å²) in [5.74, 6) is -0.329. The molecule has 0 saturated carbocycles. The van der Waals surface area contributed by atoms with Crippen molar-refractivity contribution in [2.75, 3.05) is 7.11 Å². The second kappa shape index (κ2) is 5.49. The van der Waals surface area contributed by atoms with Gasteiger partial charge in [0.25, 0.3) is 0 Å². The topological polar surface area (TPSA) is 44.1 Å². The van der Waals surface area contributed by atoms with Crippen LogP contribution in [0.1, 0.15) is 46.9 Å². The number of benzene rings is 1. The maximum Gasteiger partial charge on any atom is 0.356 e. The van der Waals surface area contributed by atoms with Crippen LogP contribution in [0.2, 0.25) is 0 Å². The minimum atomic E-state index is -0.329. The van der Waals surface area contributed by atoms with Gasteiger partial charge in [0, 0.05) is 0 Å². The lowest BCUT2D eigenvalue weighted by Crippen LogP contribution is -2.17. The second-order valence-corrected chi connectivity index (χ2v) is 5.14. The van der Waals surface area contributed by atoms with Crippen molar-refractivity contribution >= 4 is 5.97 Å². The predicted molar refractivity (Wildman–Crippen MR) is 75.7 cm³/mol. The molecule has 20 heavy (non-hydrogen) atoms. The smallest absolute Gasteiger partial charge is 0.356 e. The summed E-state index contributed by atoms with van der Waals surface area (Å²) in [6.07, 6.45) is 7.79. The summed E-state index contributed by atoms with van der Waals surface area (Å²) in [7, 11) is 1.40. The summed E-state index contributed by atoms with van der Waals surface area (Å²) in [6, 6.07) is 8.65. The summed E-state index contributed by atoms with van der Waals surface area (Å²) >= 11 is 0. The third-order valence-corrected chi connectivity index (χ3v) is 3.98. The Bertz CT molecular complexity index is 618.